The maximum Gasteiger partial charge on any atom is 0.321 e. The highest BCUT2D eigenvalue weighted by Crippen LogP contribution is 2.68. The number of fused-ring (bicyclic) bond motifs is 1. The van der Waals surface area contributed by atoms with Crippen LogP contribution in [0.25, 0.3) is 0 Å². The zero-order valence-corrected chi connectivity index (χ0v) is 10.6. The fourth-order valence-electron chi connectivity index (χ4n) is 4.06. The molecule has 4 rings (SSSR count). The standard InChI is InChI=1S/C14H21NO2/c1-13(2)8-3-4-9(10(13)7-8)14(5-6-14)11(15)12(16)17/h4,8,10-11H,3,5-7,15H2,1-2H3,(H,16,17). The number of carboxylic acid groups (broad SMARTS) is 1. The first-order chi connectivity index (χ1) is 7.89. The van der Waals surface area contributed by atoms with Crippen molar-refractivity contribution >= 4 is 5.97 Å². The Morgan fingerprint density at radius 1 is 1.53 bits per heavy atom. The van der Waals surface area contributed by atoms with Crippen molar-refractivity contribution in [3.05, 3.63) is 11.6 Å². The second-order valence-electron chi connectivity index (χ2n) is 6.67. The van der Waals surface area contributed by atoms with Gasteiger partial charge in [0.15, 0.2) is 0 Å². The van der Waals surface area contributed by atoms with E-state index in [0.717, 1.165) is 25.2 Å². The van der Waals surface area contributed by atoms with Gasteiger partial charge in [0.2, 0.25) is 0 Å². The lowest BCUT2D eigenvalue weighted by atomic mass is 9.47. The van der Waals surface area contributed by atoms with Crippen molar-refractivity contribution in [1.82, 2.24) is 0 Å². The molecule has 4 aliphatic rings. The van der Waals surface area contributed by atoms with Crippen LogP contribution in [0.3, 0.4) is 0 Å². The molecule has 0 saturated heterocycles. The van der Waals surface area contributed by atoms with Crippen LogP contribution in [0.4, 0.5) is 0 Å². The Kier molecular flexibility index (Phi) is 2.08. The van der Waals surface area contributed by atoms with E-state index in [4.69, 9.17) is 10.8 Å². The SMILES string of the molecule is CC1(C)C2CC=C(C3(C(N)C(=O)O)CC3)C1C2. The Bertz CT molecular complexity index is 406. The molecule has 2 fully saturated rings. The molecule has 3 heteroatoms. The molecule has 17 heavy (non-hydrogen) atoms. The Hall–Kier alpha value is -0.830. The third kappa shape index (κ3) is 1.29. The van der Waals surface area contributed by atoms with Gasteiger partial charge < -0.3 is 10.8 Å². The average molecular weight is 235 g/mol. The maximum absolute atomic E-state index is 11.2. The molecule has 2 bridgehead atoms. The molecule has 3 atom stereocenters. The van der Waals surface area contributed by atoms with Crippen LogP contribution >= 0.6 is 0 Å². The lowest BCUT2D eigenvalue weighted by molar-refractivity contribution is -0.140. The average Bonchev–Trinajstić information content (AvgIpc) is 3.09. The molecule has 0 amide bonds. The number of hydrogen-bond acceptors (Lipinski definition) is 2. The second-order valence-corrected chi connectivity index (χ2v) is 6.67. The smallest absolute Gasteiger partial charge is 0.321 e. The molecule has 0 spiro atoms. The molecule has 94 valence electrons. The maximum atomic E-state index is 11.2. The minimum atomic E-state index is -0.845. The molecule has 0 aliphatic heterocycles. The van der Waals surface area contributed by atoms with E-state index in [-0.39, 0.29) is 5.41 Å². The summed E-state index contributed by atoms with van der Waals surface area (Å²) in [7, 11) is 0. The first-order valence-corrected chi connectivity index (χ1v) is 6.58. The normalized spacial score (nSPS) is 37.7. The molecule has 0 radical (unpaired) electrons. The first kappa shape index (κ1) is 11.3. The van der Waals surface area contributed by atoms with Gasteiger partial charge in [-0.15, -0.1) is 0 Å². The minimum absolute atomic E-state index is 0.195. The van der Waals surface area contributed by atoms with Gasteiger partial charge in [0.25, 0.3) is 0 Å². The van der Waals surface area contributed by atoms with Crippen molar-refractivity contribution in [1.29, 1.82) is 0 Å². The first-order valence-electron chi connectivity index (χ1n) is 6.58. The Morgan fingerprint density at radius 2 is 2.18 bits per heavy atom. The molecule has 0 aromatic rings. The van der Waals surface area contributed by atoms with Crippen molar-refractivity contribution in [3.63, 3.8) is 0 Å². The summed E-state index contributed by atoms with van der Waals surface area (Å²) in [5, 5.41) is 9.17. The summed E-state index contributed by atoms with van der Waals surface area (Å²) in [5.74, 6) is 0.532. The van der Waals surface area contributed by atoms with Crippen molar-refractivity contribution in [2.45, 2.75) is 45.6 Å². The summed E-state index contributed by atoms with van der Waals surface area (Å²) in [6.45, 7) is 4.64. The minimum Gasteiger partial charge on any atom is -0.480 e. The number of rotatable bonds is 3. The highest BCUT2D eigenvalue weighted by Gasteiger charge is 2.62. The van der Waals surface area contributed by atoms with Crippen LogP contribution < -0.4 is 5.73 Å². The molecule has 0 heterocycles. The van der Waals surface area contributed by atoms with Gasteiger partial charge in [-0.05, 0) is 42.9 Å². The Balaban J connectivity index is 1.91. The van der Waals surface area contributed by atoms with Gasteiger partial charge >= 0.3 is 5.97 Å². The molecule has 3 unspecified atom stereocenters. The van der Waals surface area contributed by atoms with E-state index in [1.54, 1.807) is 0 Å². The zero-order valence-electron chi connectivity index (χ0n) is 10.6. The third-order valence-electron chi connectivity index (χ3n) is 5.69. The van der Waals surface area contributed by atoms with E-state index in [1.807, 2.05) is 0 Å². The van der Waals surface area contributed by atoms with Gasteiger partial charge in [0.1, 0.15) is 6.04 Å². The molecular formula is C14H21NO2. The molecule has 2 saturated carbocycles. The number of carbonyl (C=O) groups is 1. The predicted octanol–water partition coefficient (Wildman–Crippen LogP) is 2.17. The third-order valence-corrected chi connectivity index (χ3v) is 5.69. The molecule has 0 aromatic carbocycles. The zero-order chi connectivity index (χ0) is 12.4. The lowest BCUT2D eigenvalue weighted by Gasteiger charge is -2.58. The van der Waals surface area contributed by atoms with Gasteiger partial charge in [-0.1, -0.05) is 25.5 Å². The summed E-state index contributed by atoms with van der Waals surface area (Å²) in [5.41, 5.74) is 7.45. The lowest BCUT2D eigenvalue weighted by Crippen LogP contribution is -2.52. The van der Waals surface area contributed by atoms with Crippen LogP contribution in [-0.4, -0.2) is 17.1 Å². The molecule has 3 N–H and O–H groups in total. The summed E-state index contributed by atoms with van der Waals surface area (Å²) >= 11 is 0. The van der Waals surface area contributed by atoms with Gasteiger partial charge in [-0.3, -0.25) is 4.79 Å². The van der Waals surface area contributed by atoms with Crippen LogP contribution in [0.15, 0.2) is 11.6 Å². The molecule has 4 aliphatic carbocycles. The van der Waals surface area contributed by atoms with Gasteiger partial charge in [0, 0.05) is 5.41 Å². The van der Waals surface area contributed by atoms with E-state index in [0.29, 0.717) is 11.3 Å². The van der Waals surface area contributed by atoms with Crippen molar-refractivity contribution in [2.24, 2.45) is 28.4 Å². The summed E-state index contributed by atoms with van der Waals surface area (Å²) < 4.78 is 0. The monoisotopic (exact) mass is 235 g/mol. The Morgan fingerprint density at radius 3 is 2.59 bits per heavy atom. The topological polar surface area (TPSA) is 63.3 Å². The van der Waals surface area contributed by atoms with Gasteiger partial charge in [-0.2, -0.15) is 0 Å². The number of carboxylic acids is 1. The highest BCUT2D eigenvalue weighted by atomic mass is 16.4. The fraction of sp³-hybridized carbons (Fsp3) is 0.786. The van der Waals surface area contributed by atoms with Crippen LogP contribution in [0.2, 0.25) is 0 Å². The van der Waals surface area contributed by atoms with E-state index in [2.05, 4.69) is 19.9 Å². The van der Waals surface area contributed by atoms with E-state index in [1.165, 1.54) is 12.0 Å². The summed E-state index contributed by atoms with van der Waals surface area (Å²) in [4.78, 5) is 11.2. The van der Waals surface area contributed by atoms with E-state index in [9.17, 15) is 4.79 Å². The number of hydrogen-bond donors (Lipinski definition) is 2. The summed E-state index contributed by atoms with van der Waals surface area (Å²) in [6, 6.07) is -0.707. The largest absolute Gasteiger partial charge is 0.480 e. The predicted molar refractivity (Wildman–Crippen MR) is 65.4 cm³/mol. The van der Waals surface area contributed by atoms with Crippen LogP contribution in [0.1, 0.15) is 39.5 Å². The highest BCUT2D eigenvalue weighted by molar-refractivity contribution is 5.76. The van der Waals surface area contributed by atoms with Crippen LogP contribution in [0, 0.1) is 22.7 Å². The molecule has 0 aromatic heterocycles. The van der Waals surface area contributed by atoms with Crippen molar-refractivity contribution in [2.75, 3.05) is 0 Å². The van der Waals surface area contributed by atoms with Crippen LogP contribution in [0.5, 0.6) is 0 Å². The van der Waals surface area contributed by atoms with E-state index >= 15 is 0 Å². The Labute approximate surface area is 102 Å². The number of nitrogens with two attached hydrogens (primary N) is 1. The molecular weight excluding hydrogens is 214 g/mol. The van der Waals surface area contributed by atoms with Crippen LogP contribution in [-0.2, 0) is 4.79 Å². The van der Waals surface area contributed by atoms with E-state index < -0.39 is 12.0 Å². The fourth-order valence-corrected chi connectivity index (χ4v) is 4.06. The van der Waals surface area contributed by atoms with Crippen molar-refractivity contribution in [3.8, 4) is 0 Å². The second kappa shape index (κ2) is 3.14. The van der Waals surface area contributed by atoms with Crippen molar-refractivity contribution < 1.29 is 9.90 Å². The number of aliphatic carboxylic acids is 1. The van der Waals surface area contributed by atoms with Gasteiger partial charge in [0.05, 0.1) is 0 Å². The summed E-state index contributed by atoms with van der Waals surface area (Å²) in [6.07, 6.45) is 6.59. The quantitative estimate of drug-likeness (QED) is 0.737. The molecule has 3 nitrogen and oxygen atoms in total. The van der Waals surface area contributed by atoms with Gasteiger partial charge in [-0.25, -0.2) is 0 Å². The number of allylic oxidation sites excluding steroid dienone is 1.